The molecular weight excluding hydrogens is 400 g/mol. The van der Waals surface area contributed by atoms with Crippen LogP contribution in [0, 0.1) is 5.92 Å². The third-order valence-electron chi connectivity index (χ3n) is 5.90. The zero-order valence-corrected chi connectivity index (χ0v) is 18.3. The van der Waals surface area contributed by atoms with E-state index in [9.17, 15) is 9.59 Å². The Bertz CT molecular complexity index is 921. The number of methoxy groups -OCH3 is 1. The number of nitrogens with zero attached hydrogens (tertiary/aromatic N) is 3. The molecule has 4 rings (SSSR count). The van der Waals surface area contributed by atoms with Crippen LogP contribution >= 0.6 is 11.3 Å². The number of nitrogens with one attached hydrogen (secondary N) is 1. The normalized spacial score (nSPS) is 18.7. The van der Waals surface area contributed by atoms with Crippen molar-refractivity contribution >= 4 is 28.3 Å². The Morgan fingerprint density at radius 1 is 1.27 bits per heavy atom. The molecule has 1 fully saturated rings. The highest BCUT2D eigenvalue weighted by Gasteiger charge is 2.29. The monoisotopic (exact) mass is 428 g/mol. The Balaban J connectivity index is 1.33. The maximum absolute atomic E-state index is 12.7. The van der Waals surface area contributed by atoms with Gasteiger partial charge in [-0.05, 0) is 37.0 Å². The highest BCUT2D eigenvalue weighted by Crippen LogP contribution is 2.34. The molecule has 0 spiro atoms. The van der Waals surface area contributed by atoms with E-state index in [0.29, 0.717) is 6.54 Å². The van der Waals surface area contributed by atoms with E-state index in [0.717, 1.165) is 67.6 Å². The number of aromatic nitrogens is 1. The Labute approximate surface area is 181 Å². The fourth-order valence-electron chi connectivity index (χ4n) is 4.05. The summed E-state index contributed by atoms with van der Waals surface area (Å²) in [5, 5.41) is 4.11. The number of fused-ring (bicyclic) bond motifs is 1. The van der Waals surface area contributed by atoms with E-state index in [4.69, 9.17) is 9.72 Å². The summed E-state index contributed by atoms with van der Waals surface area (Å²) in [5.74, 6) is 1.03. The molecule has 1 aliphatic carbocycles. The fourth-order valence-corrected chi connectivity index (χ4v) is 5.29. The van der Waals surface area contributed by atoms with Crippen LogP contribution in [0.5, 0.6) is 5.75 Å². The van der Waals surface area contributed by atoms with Crippen LogP contribution in [-0.4, -0.2) is 55.0 Å². The third kappa shape index (κ3) is 4.59. The molecule has 1 aliphatic heterocycles. The van der Waals surface area contributed by atoms with E-state index in [2.05, 4.69) is 10.2 Å². The van der Waals surface area contributed by atoms with Gasteiger partial charge in [-0.1, -0.05) is 12.1 Å². The second-order valence-corrected chi connectivity index (χ2v) is 8.93. The van der Waals surface area contributed by atoms with Crippen LogP contribution < -0.4 is 15.0 Å². The van der Waals surface area contributed by atoms with Crippen LogP contribution in [0.4, 0.5) is 5.13 Å². The molecule has 2 aliphatic rings. The predicted molar refractivity (Wildman–Crippen MR) is 117 cm³/mol. The lowest BCUT2D eigenvalue weighted by Gasteiger charge is -2.33. The molecule has 1 atom stereocenters. The van der Waals surface area contributed by atoms with E-state index in [1.165, 1.54) is 4.88 Å². The first-order valence-electron chi connectivity index (χ1n) is 10.4. The minimum absolute atomic E-state index is 0.00836. The largest absolute Gasteiger partial charge is 0.497 e. The Morgan fingerprint density at radius 2 is 2.07 bits per heavy atom. The van der Waals surface area contributed by atoms with Gasteiger partial charge < -0.3 is 19.9 Å². The van der Waals surface area contributed by atoms with Gasteiger partial charge in [-0.3, -0.25) is 9.59 Å². The van der Waals surface area contributed by atoms with E-state index in [1.54, 1.807) is 25.4 Å². The average molecular weight is 429 g/mol. The number of hydrogen-bond donors (Lipinski definition) is 1. The highest BCUT2D eigenvalue weighted by molar-refractivity contribution is 7.15. The number of ether oxygens (including phenoxy) is 1. The SMILES string of the molecule is COc1cccc(CNC(=O)[C@H]2CCc3nc(N4CCN(C(C)=O)CC4)sc3C2)c1. The van der Waals surface area contributed by atoms with Crippen molar-refractivity contribution in [2.45, 2.75) is 32.7 Å². The van der Waals surface area contributed by atoms with Crippen molar-refractivity contribution in [3.63, 3.8) is 0 Å². The second kappa shape index (κ2) is 9.04. The maximum Gasteiger partial charge on any atom is 0.223 e. The number of rotatable bonds is 5. The summed E-state index contributed by atoms with van der Waals surface area (Å²) in [6.45, 7) is 5.25. The number of benzene rings is 1. The van der Waals surface area contributed by atoms with Gasteiger partial charge >= 0.3 is 0 Å². The number of amides is 2. The highest BCUT2D eigenvalue weighted by atomic mass is 32.1. The zero-order chi connectivity index (χ0) is 21.1. The molecule has 2 amide bonds. The van der Waals surface area contributed by atoms with Crippen molar-refractivity contribution in [1.29, 1.82) is 0 Å². The van der Waals surface area contributed by atoms with Gasteiger partial charge in [-0.15, -0.1) is 11.3 Å². The van der Waals surface area contributed by atoms with Crippen molar-refractivity contribution in [1.82, 2.24) is 15.2 Å². The Kier molecular flexibility index (Phi) is 6.22. The predicted octanol–water partition coefficient (Wildman–Crippen LogP) is 2.24. The summed E-state index contributed by atoms with van der Waals surface area (Å²) >= 11 is 1.71. The van der Waals surface area contributed by atoms with Crippen LogP contribution in [0.2, 0.25) is 0 Å². The first kappa shape index (κ1) is 20.7. The first-order valence-corrected chi connectivity index (χ1v) is 11.2. The molecule has 0 saturated carbocycles. The van der Waals surface area contributed by atoms with Crippen molar-refractivity contribution in [2.75, 3.05) is 38.2 Å². The summed E-state index contributed by atoms with van der Waals surface area (Å²) in [4.78, 5) is 34.5. The third-order valence-corrected chi connectivity index (χ3v) is 7.08. The van der Waals surface area contributed by atoms with E-state index in [-0.39, 0.29) is 17.7 Å². The van der Waals surface area contributed by atoms with Crippen molar-refractivity contribution in [2.24, 2.45) is 5.92 Å². The number of hydrogen-bond acceptors (Lipinski definition) is 6. The molecule has 160 valence electrons. The number of thiazole rings is 1. The topological polar surface area (TPSA) is 74.8 Å². The quantitative estimate of drug-likeness (QED) is 0.791. The standard InChI is InChI=1S/C22H28N4O3S/c1-15(27)25-8-10-26(11-9-25)22-24-19-7-6-17(13-20(19)30-22)21(28)23-14-16-4-3-5-18(12-16)29-2/h3-5,12,17H,6-11,13-14H2,1-2H3,(H,23,28)/t17-/m0/s1. The molecule has 1 N–H and O–H groups in total. The van der Waals surface area contributed by atoms with Gasteiger partial charge in [0.25, 0.3) is 0 Å². The molecule has 30 heavy (non-hydrogen) atoms. The zero-order valence-electron chi connectivity index (χ0n) is 17.5. The Morgan fingerprint density at radius 3 is 2.80 bits per heavy atom. The van der Waals surface area contributed by atoms with Gasteiger partial charge in [0.05, 0.1) is 12.8 Å². The summed E-state index contributed by atoms with van der Waals surface area (Å²) in [6, 6.07) is 7.77. The first-order chi connectivity index (χ1) is 14.5. The average Bonchev–Trinajstić information content (AvgIpc) is 3.21. The number of carbonyl (C=O) groups excluding carboxylic acids is 2. The van der Waals surface area contributed by atoms with E-state index in [1.807, 2.05) is 29.2 Å². The van der Waals surface area contributed by atoms with Gasteiger partial charge in [-0.2, -0.15) is 0 Å². The maximum atomic E-state index is 12.7. The summed E-state index contributed by atoms with van der Waals surface area (Å²) < 4.78 is 5.25. The number of carbonyl (C=O) groups is 2. The number of piperazine rings is 1. The van der Waals surface area contributed by atoms with Gasteiger partial charge in [-0.25, -0.2) is 4.98 Å². The van der Waals surface area contributed by atoms with Gasteiger partial charge in [0.15, 0.2) is 5.13 Å². The smallest absolute Gasteiger partial charge is 0.223 e. The van der Waals surface area contributed by atoms with E-state index < -0.39 is 0 Å². The molecule has 8 heteroatoms. The van der Waals surface area contributed by atoms with Gasteiger partial charge in [0.1, 0.15) is 5.75 Å². The lowest BCUT2D eigenvalue weighted by molar-refractivity contribution is -0.129. The lowest BCUT2D eigenvalue weighted by atomic mass is 9.90. The van der Waals surface area contributed by atoms with Gasteiger partial charge in [0.2, 0.25) is 11.8 Å². The van der Waals surface area contributed by atoms with Crippen LogP contribution in [0.15, 0.2) is 24.3 Å². The van der Waals surface area contributed by atoms with Crippen molar-refractivity contribution in [3.05, 3.63) is 40.4 Å². The molecule has 7 nitrogen and oxygen atoms in total. The van der Waals surface area contributed by atoms with Crippen LogP contribution in [0.1, 0.15) is 29.5 Å². The minimum Gasteiger partial charge on any atom is -0.497 e. The van der Waals surface area contributed by atoms with Crippen molar-refractivity contribution in [3.8, 4) is 5.75 Å². The molecule has 1 saturated heterocycles. The molecule has 0 bridgehead atoms. The Hall–Kier alpha value is -2.61. The molecule has 0 radical (unpaired) electrons. The lowest BCUT2D eigenvalue weighted by Crippen LogP contribution is -2.48. The summed E-state index contributed by atoms with van der Waals surface area (Å²) in [6.07, 6.45) is 2.43. The van der Waals surface area contributed by atoms with Crippen LogP contribution in [0.25, 0.3) is 0 Å². The number of anilines is 1. The molecule has 1 aromatic heterocycles. The van der Waals surface area contributed by atoms with Crippen LogP contribution in [-0.2, 0) is 29.0 Å². The second-order valence-electron chi connectivity index (χ2n) is 7.87. The minimum atomic E-state index is -0.00836. The summed E-state index contributed by atoms with van der Waals surface area (Å²) in [5.41, 5.74) is 2.17. The van der Waals surface area contributed by atoms with E-state index >= 15 is 0 Å². The molecule has 2 heterocycles. The fraction of sp³-hybridized carbons (Fsp3) is 0.500. The summed E-state index contributed by atoms with van der Waals surface area (Å²) in [7, 11) is 1.64. The molecular formula is C22H28N4O3S. The van der Waals surface area contributed by atoms with Gasteiger partial charge in [0, 0.05) is 50.4 Å². The molecule has 1 aromatic carbocycles. The number of aryl methyl sites for hydroxylation is 1. The van der Waals surface area contributed by atoms with Crippen LogP contribution in [0.3, 0.4) is 0 Å². The molecule has 2 aromatic rings. The molecule has 0 unspecified atom stereocenters. The van der Waals surface area contributed by atoms with Crippen molar-refractivity contribution < 1.29 is 14.3 Å².